The van der Waals surface area contributed by atoms with Crippen molar-refractivity contribution in [1.82, 2.24) is 5.32 Å². The Labute approximate surface area is 97.2 Å². The molecule has 1 rings (SSSR count). The number of hydrogen-bond acceptors (Lipinski definition) is 2. The lowest BCUT2D eigenvalue weighted by Crippen LogP contribution is -2.21. The van der Waals surface area contributed by atoms with Crippen molar-refractivity contribution in [2.24, 2.45) is 0 Å². The van der Waals surface area contributed by atoms with E-state index in [1.165, 1.54) is 16.9 Å². The largest absolute Gasteiger partial charge is 0.309 e. The van der Waals surface area contributed by atoms with Gasteiger partial charge in [0.2, 0.25) is 0 Å². The third-order valence-electron chi connectivity index (χ3n) is 2.52. The lowest BCUT2D eigenvalue weighted by molar-refractivity contribution is 0.531. The Kier molecular flexibility index (Phi) is 5.66. The number of nitrogens with one attached hydrogen (secondary N) is 1. The van der Waals surface area contributed by atoms with Crippen molar-refractivity contribution in [3.05, 3.63) is 34.5 Å². The molecule has 0 aromatic carbocycles. The van der Waals surface area contributed by atoms with Gasteiger partial charge < -0.3 is 5.32 Å². The summed E-state index contributed by atoms with van der Waals surface area (Å²) in [5.41, 5.74) is 1.33. The van der Waals surface area contributed by atoms with Gasteiger partial charge in [-0.05, 0) is 37.3 Å². The molecular formula is C13H21NS. The van der Waals surface area contributed by atoms with E-state index >= 15 is 0 Å². The second-order valence-electron chi connectivity index (χ2n) is 3.83. The Morgan fingerprint density at radius 3 is 2.87 bits per heavy atom. The van der Waals surface area contributed by atoms with Crippen LogP contribution in [0, 0.1) is 0 Å². The minimum Gasteiger partial charge on any atom is -0.309 e. The molecule has 1 atom stereocenters. The lowest BCUT2D eigenvalue weighted by Gasteiger charge is -2.17. The molecule has 0 spiro atoms. The summed E-state index contributed by atoms with van der Waals surface area (Å²) in [4.78, 5) is 1.43. The fraction of sp³-hybridized carbons (Fsp3) is 0.538. The maximum Gasteiger partial charge on any atom is 0.0452 e. The van der Waals surface area contributed by atoms with E-state index in [9.17, 15) is 0 Å². The van der Waals surface area contributed by atoms with Crippen LogP contribution in [0.5, 0.6) is 0 Å². The zero-order valence-electron chi connectivity index (χ0n) is 9.75. The lowest BCUT2D eigenvalue weighted by atomic mass is 10.0. The molecule has 1 nitrogen and oxygen atoms in total. The van der Waals surface area contributed by atoms with Gasteiger partial charge in [-0.15, -0.1) is 11.3 Å². The standard InChI is InChI=1S/C13H21NS/c1-4-8-14-12(10-11(3)5-2)13-7-6-9-15-13/h6-7,9,12,14H,3-5,8,10H2,1-2H3. The van der Waals surface area contributed by atoms with Gasteiger partial charge in [-0.25, -0.2) is 0 Å². The Hall–Kier alpha value is -0.600. The van der Waals surface area contributed by atoms with Crippen LogP contribution >= 0.6 is 11.3 Å². The molecule has 1 N–H and O–H groups in total. The molecule has 0 aliphatic rings. The minimum atomic E-state index is 0.470. The van der Waals surface area contributed by atoms with Crippen LogP contribution in [0.1, 0.15) is 44.0 Å². The predicted octanol–water partition coefficient (Wildman–Crippen LogP) is 4.15. The van der Waals surface area contributed by atoms with Crippen molar-refractivity contribution >= 4 is 11.3 Å². The number of rotatable bonds is 7. The van der Waals surface area contributed by atoms with Gasteiger partial charge in [-0.1, -0.05) is 32.1 Å². The van der Waals surface area contributed by atoms with E-state index in [1.54, 1.807) is 0 Å². The highest BCUT2D eigenvalue weighted by Crippen LogP contribution is 2.25. The molecule has 84 valence electrons. The molecule has 0 saturated heterocycles. The fourth-order valence-electron chi connectivity index (χ4n) is 1.51. The summed E-state index contributed by atoms with van der Waals surface area (Å²) in [7, 11) is 0. The summed E-state index contributed by atoms with van der Waals surface area (Å²) in [6.45, 7) is 9.55. The second-order valence-corrected chi connectivity index (χ2v) is 4.81. The summed E-state index contributed by atoms with van der Waals surface area (Å²) in [6.07, 6.45) is 3.33. The van der Waals surface area contributed by atoms with Gasteiger partial charge in [-0.3, -0.25) is 0 Å². The van der Waals surface area contributed by atoms with E-state index < -0.39 is 0 Å². The zero-order chi connectivity index (χ0) is 11.1. The molecule has 0 bridgehead atoms. The summed E-state index contributed by atoms with van der Waals surface area (Å²) in [5.74, 6) is 0. The molecule has 0 radical (unpaired) electrons. The van der Waals surface area contributed by atoms with Gasteiger partial charge in [0.15, 0.2) is 0 Å². The highest BCUT2D eigenvalue weighted by molar-refractivity contribution is 7.10. The van der Waals surface area contributed by atoms with Crippen LogP contribution in [0.3, 0.4) is 0 Å². The molecule has 0 aliphatic carbocycles. The van der Waals surface area contributed by atoms with Crippen LogP contribution in [0.15, 0.2) is 29.7 Å². The highest BCUT2D eigenvalue weighted by atomic mass is 32.1. The van der Waals surface area contributed by atoms with Gasteiger partial charge >= 0.3 is 0 Å². The Morgan fingerprint density at radius 1 is 1.53 bits per heavy atom. The van der Waals surface area contributed by atoms with Gasteiger partial charge in [-0.2, -0.15) is 0 Å². The SMILES string of the molecule is C=C(CC)CC(NCCC)c1cccs1. The summed E-state index contributed by atoms with van der Waals surface area (Å²) in [6, 6.07) is 4.80. The second kappa shape index (κ2) is 6.81. The maximum atomic E-state index is 4.10. The minimum absolute atomic E-state index is 0.470. The molecule has 0 fully saturated rings. The van der Waals surface area contributed by atoms with Gasteiger partial charge in [0.1, 0.15) is 0 Å². The fourth-order valence-corrected chi connectivity index (χ4v) is 2.32. The van der Waals surface area contributed by atoms with Crippen molar-refractivity contribution < 1.29 is 0 Å². The molecule has 2 heteroatoms. The van der Waals surface area contributed by atoms with E-state index in [2.05, 4.69) is 43.3 Å². The zero-order valence-corrected chi connectivity index (χ0v) is 10.6. The quantitative estimate of drug-likeness (QED) is 0.685. The van der Waals surface area contributed by atoms with Crippen LogP contribution in [-0.4, -0.2) is 6.54 Å². The van der Waals surface area contributed by atoms with Crippen molar-refractivity contribution in [1.29, 1.82) is 0 Å². The number of hydrogen-bond donors (Lipinski definition) is 1. The molecule has 1 aromatic heterocycles. The first kappa shape index (κ1) is 12.5. The van der Waals surface area contributed by atoms with Crippen LogP contribution in [0.4, 0.5) is 0 Å². The normalized spacial score (nSPS) is 12.7. The predicted molar refractivity (Wildman–Crippen MR) is 69.4 cm³/mol. The highest BCUT2D eigenvalue weighted by Gasteiger charge is 2.11. The third kappa shape index (κ3) is 4.18. The Bertz CT molecular complexity index is 277. The van der Waals surface area contributed by atoms with Crippen molar-refractivity contribution in [2.45, 2.75) is 39.2 Å². The molecule has 1 unspecified atom stereocenters. The van der Waals surface area contributed by atoms with E-state index in [1.807, 2.05) is 11.3 Å². The first-order valence-electron chi connectivity index (χ1n) is 5.71. The maximum absolute atomic E-state index is 4.10. The number of thiophene rings is 1. The Balaban J connectivity index is 2.57. The van der Waals surface area contributed by atoms with E-state index in [4.69, 9.17) is 0 Å². The topological polar surface area (TPSA) is 12.0 Å². The van der Waals surface area contributed by atoms with Crippen molar-refractivity contribution in [2.75, 3.05) is 6.54 Å². The summed E-state index contributed by atoms with van der Waals surface area (Å²) < 4.78 is 0. The third-order valence-corrected chi connectivity index (χ3v) is 3.51. The first-order valence-corrected chi connectivity index (χ1v) is 6.59. The van der Waals surface area contributed by atoms with Crippen molar-refractivity contribution in [3.8, 4) is 0 Å². The molecule has 0 saturated carbocycles. The van der Waals surface area contributed by atoms with E-state index in [0.717, 1.165) is 19.4 Å². The van der Waals surface area contributed by atoms with E-state index in [0.29, 0.717) is 6.04 Å². The average molecular weight is 223 g/mol. The van der Waals surface area contributed by atoms with Crippen LogP contribution in [0.25, 0.3) is 0 Å². The van der Waals surface area contributed by atoms with Crippen LogP contribution < -0.4 is 5.32 Å². The van der Waals surface area contributed by atoms with E-state index in [-0.39, 0.29) is 0 Å². The summed E-state index contributed by atoms with van der Waals surface area (Å²) in [5, 5.41) is 5.73. The first-order chi connectivity index (χ1) is 7.27. The van der Waals surface area contributed by atoms with Crippen LogP contribution in [-0.2, 0) is 0 Å². The molecule has 1 aromatic rings. The van der Waals surface area contributed by atoms with Gasteiger partial charge in [0.25, 0.3) is 0 Å². The Morgan fingerprint density at radius 2 is 2.33 bits per heavy atom. The monoisotopic (exact) mass is 223 g/mol. The van der Waals surface area contributed by atoms with Gasteiger partial charge in [0.05, 0.1) is 0 Å². The van der Waals surface area contributed by atoms with Gasteiger partial charge in [0, 0.05) is 10.9 Å². The van der Waals surface area contributed by atoms with Crippen molar-refractivity contribution in [3.63, 3.8) is 0 Å². The molecule has 1 heterocycles. The summed E-state index contributed by atoms with van der Waals surface area (Å²) >= 11 is 1.83. The van der Waals surface area contributed by atoms with Crippen LogP contribution in [0.2, 0.25) is 0 Å². The molecule has 0 amide bonds. The molecule has 0 aliphatic heterocycles. The smallest absolute Gasteiger partial charge is 0.0452 e. The molecule has 15 heavy (non-hydrogen) atoms. The average Bonchev–Trinajstić information content (AvgIpc) is 2.77. The molecular weight excluding hydrogens is 202 g/mol.